The van der Waals surface area contributed by atoms with Gasteiger partial charge in [-0.05, 0) is 25.7 Å². The molecule has 16 heavy (non-hydrogen) atoms. The Morgan fingerprint density at radius 3 is 2.62 bits per heavy atom. The summed E-state index contributed by atoms with van der Waals surface area (Å²) in [5, 5.41) is 22.1. The molecule has 0 spiro atoms. The Morgan fingerprint density at radius 1 is 1.44 bits per heavy atom. The quantitative estimate of drug-likeness (QED) is 0.635. The Kier molecular flexibility index (Phi) is 5.22. The molecular weight excluding hydrogens is 206 g/mol. The van der Waals surface area contributed by atoms with Crippen LogP contribution >= 0.6 is 0 Å². The van der Waals surface area contributed by atoms with Crippen molar-refractivity contribution in [1.82, 2.24) is 5.32 Å². The minimum Gasteiger partial charge on any atom is -0.393 e. The summed E-state index contributed by atoms with van der Waals surface area (Å²) in [4.78, 5) is 11.5. The molecule has 0 aromatic heterocycles. The lowest BCUT2D eigenvalue weighted by molar-refractivity contribution is -0.125. The number of aliphatic hydroxyl groups excluding tert-OH is 1. The van der Waals surface area contributed by atoms with E-state index in [1.807, 2.05) is 6.92 Å². The van der Waals surface area contributed by atoms with Gasteiger partial charge in [0.1, 0.15) is 0 Å². The molecular formula is C12H23NO3. The summed E-state index contributed by atoms with van der Waals surface area (Å²) in [5.74, 6) is -0.104. The van der Waals surface area contributed by atoms with E-state index in [1.165, 1.54) is 0 Å². The molecule has 0 bridgehead atoms. The highest BCUT2D eigenvalue weighted by Crippen LogP contribution is 2.32. The summed E-state index contributed by atoms with van der Waals surface area (Å²) in [6, 6.07) is 0. The van der Waals surface area contributed by atoms with Crippen molar-refractivity contribution in [2.45, 2.75) is 63.6 Å². The van der Waals surface area contributed by atoms with E-state index in [1.54, 1.807) is 0 Å². The number of amides is 1. The number of nitrogens with one attached hydrogen (secondary N) is 1. The second kappa shape index (κ2) is 6.21. The van der Waals surface area contributed by atoms with E-state index in [-0.39, 0.29) is 18.4 Å². The molecule has 4 heteroatoms. The van der Waals surface area contributed by atoms with Gasteiger partial charge in [-0.25, -0.2) is 0 Å². The molecule has 0 aliphatic heterocycles. The van der Waals surface area contributed by atoms with Crippen LogP contribution in [0.2, 0.25) is 0 Å². The number of aliphatic hydroxyl groups is 2. The van der Waals surface area contributed by atoms with Crippen LogP contribution < -0.4 is 5.32 Å². The first kappa shape index (κ1) is 13.5. The van der Waals surface area contributed by atoms with Crippen molar-refractivity contribution in [2.24, 2.45) is 0 Å². The largest absolute Gasteiger partial charge is 0.393 e. The fraction of sp³-hybridized carbons (Fsp3) is 0.917. The summed E-state index contributed by atoms with van der Waals surface area (Å²) in [5.41, 5.74) is -0.770. The van der Waals surface area contributed by atoms with Gasteiger partial charge in [0.25, 0.3) is 0 Å². The molecule has 94 valence electrons. The minimum atomic E-state index is -0.770. The first-order valence-corrected chi connectivity index (χ1v) is 6.23. The van der Waals surface area contributed by atoms with Crippen molar-refractivity contribution < 1.29 is 15.0 Å². The molecule has 3 N–H and O–H groups in total. The van der Waals surface area contributed by atoms with Crippen LogP contribution in [0.1, 0.15) is 51.9 Å². The molecule has 0 aromatic carbocycles. The zero-order valence-electron chi connectivity index (χ0n) is 10.0. The van der Waals surface area contributed by atoms with Crippen molar-refractivity contribution in [3.8, 4) is 0 Å². The molecule has 1 amide bonds. The van der Waals surface area contributed by atoms with Crippen LogP contribution in [0.25, 0.3) is 0 Å². The molecule has 1 atom stereocenters. The predicted octanol–water partition coefficient (Wildman–Crippen LogP) is 0.959. The topological polar surface area (TPSA) is 69.6 Å². The SMILES string of the molecule is CCC(O)CCNC(=O)CC1(O)CCCC1. The molecule has 1 aliphatic rings. The number of hydrogen-bond donors (Lipinski definition) is 3. The zero-order valence-corrected chi connectivity index (χ0v) is 10.0. The van der Waals surface area contributed by atoms with Crippen LogP contribution in [0.3, 0.4) is 0 Å². The van der Waals surface area contributed by atoms with E-state index in [2.05, 4.69) is 5.32 Å². The highest BCUT2D eigenvalue weighted by atomic mass is 16.3. The maximum Gasteiger partial charge on any atom is 0.222 e. The lowest BCUT2D eigenvalue weighted by Gasteiger charge is -2.21. The average Bonchev–Trinajstić information content (AvgIpc) is 2.64. The van der Waals surface area contributed by atoms with Gasteiger partial charge in [-0.2, -0.15) is 0 Å². The lowest BCUT2D eigenvalue weighted by Crippen LogP contribution is -2.35. The van der Waals surface area contributed by atoms with Gasteiger partial charge in [0.05, 0.1) is 18.1 Å². The second-order valence-electron chi connectivity index (χ2n) is 4.81. The number of rotatable bonds is 6. The van der Waals surface area contributed by atoms with Crippen LogP contribution in [0, 0.1) is 0 Å². The van der Waals surface area contributed by atoms with Crippen molar-refractivity contribution in [1.29, 1.82) is 0 Å². The van der Waals surface area contributed by atoms with Crippen molar-refractivity contribution in [3.05, 3.63) is 0 Å². The predicted molar refractivity (Wildman–Crippen MR) is 62.0 cm³/mol. The van der Waals surface area contributed by atoms with Gasteiger partial charge < -0.3 is 15.5 Å². The summed E-state index contributed by atoms with van der Waals surface area (Å²) in [6.45, 7) is 2.40. The molecule has 1 aliphatic carbocycles. The highest BCUT2D eigenvalue weighted by Gasteiger charge is 2.33. The Labute approximate surface area is 97.0 Å². The Balaban J connectivity index is 2.15. The van der Waals surface area contributed by atoms with Gasteiger partial charge in [0, 0.05) is 6.54 Å². The van der Waals surface area contributed by atoms with Crippen LogP contribution in [-0.2, 0) is 4.79 Å². The average molecular weight is 229 g/mol. The maximum atomic E-state index is 11.5. The fourth-order valence-corrected chi connectivity index (χ4v) is 2.15. The molecule has 1 saturated carbocycles. The Morgan fingerprint density at radius 2 is 2.06 bits per heavy atom. The Bertz CT molecular complexity index is 224. The lowest BCUT2D eigenvalue weighted by atomic mass is 9.98. The maximum absolute atomic E-state index is 11.5. The molecule has 0 aromatic rings. The Hall–Kier alpha value is -0.610. The first-order chi connectivity index (χ1) is 7.56. The monoisotopic (exact) mass is 229 g/mol. The standard InChI is InChI=1S/C12H23NO3/c1-2-10(14)5-8-13-11(15)9-12(16)6-3-4-7-12/h10,14,16H,2-9H2,1H3,(H,13,15). The van der Waals surface area contributed by atoms with E-state index < -0.39 is 5.60 Å². The van der Waals surface area contributed by atoms with Crippen molar-refractivity contribution in [3.63, 3.8) is 0 Å². The summed E-state index contributed by atoms with van der Waals surface area (Å²) in [7, 11) is 0. The zero-order chi connectivity index (χ0) is 12.0. The van der Waals surface area contributed by atoms with Crippen LogP contribution in [0.5, 0.6) is 0 Å². The van der Waals surface area contributed by atoms with E-state index in [4.69, 9.17) is 0 Å². The van der Waals surface area contributed by atoms with Crippen molar-refractivity contribution in [2.75, 3.05) is 6.54 Å². The molecule has 1 rings (SSSR count). The van der Waals surface area contributed by atoms with Crippen LogP contribution in [0.4, 0.5) is 0 Å². The summed E-state index contributed by atoms with van der Waals surface area (Å²) < 4.78 is 0. The van der Waals surface area contributed by atoms with E-state index in [0.717, 1.165) is 25.7 Å². The van der Waals surface area contributed by atoms with Gasteiger partial charge in [0.2, 0.25) is 5.91 Å². The normalized spacial score (nSPS) is 20.7. The van der Waals surface area contributed by atoms with E-state index in [0.29, 0.717) is 19.4 Å². The molecule has 0 heterocycles. The van der Waals surface area contributed by atoms with Crippen LogP contribution in [0.15, 0.2) is 0 Å². The fourth-order valence-electron chi connectivity index (χ4n) is 2.15. The minimum absolute atomic E-state index is 0.104. The van der Waals surface area contributed by atoms with Gasteiger partial charge in [0.15, 0.2) is 0 Å². The summed E-state index contributed by atoms with van der Waals surface area (Å²) in [6.07, 6.45) is 4.65. The molecule has 0 radical (unpaired) electrons. The number of carbonyl (C=O) groups is 1. The summed E-state index contributed by atoms with van der Waals surface area (Å²) >= 11 is 0. The van der Waals surface area contributed by atoms with E-state index >= 15 is 0 Å². The van der Waals surface area contributed by atoms with Gasteiger partial charge in [-0.1, -0.05) is 19.8 Å². The second-order valence-corrected chi connectivity index (χ2v) is 4.81. The number of carbonyl (C=O) groups excluding carboxylic acids is 1. The molecule has 4 nitrogen and oxygen atoms in total. The molecule has 1 unspecified atom stereocenters. The highest BCUT2D eigenvalue weighted by molar-refractivity contribution is 5.77. The molecule has 1 fully saturated rings. The van der Waals surface area contributed by atoms with Crippen LogP contribution in [-0.4, -0.2) is 34.4 Å². The van der Waals surface area contributed by atoms with Gasteiger partial charge >= 0.3 is 0 Å². The first-order valence-electron chi connectivity index (χ1n) is 6.23. The van der Waals surface area contributed by atoms with Gasteiger partial charge in [-0.3, -0.25) is 4.79 Å². The van der Waals surface area contributed by atoms with E-state index in [9.17, 15) is 15.0 Å². The third kappa shape index (κ3) is 4.49. The van der Waals surface area contributed by atoms with Crippen molar-refractivity contribution >= 4 is 5.91 Å². The smallest absolute Gasteiger partial charge is 0.222 e. The third-order valence-electron chi connectivity index (χ3n) is 3.29. The van der Waals surface area contributed by atoms with Gasteiger partial charge in [-0.15, -0.1) is 0 Å². The number of hydrogen-bond acceptors (Lipinski definition) is 3. The third-order valence-corrected chi connectivity index (χ3v) is 3.29. The molecule has 0 saturated heterocycles.